The van der Waals surface area contributed by atoms with Gasteiger partial charge in [0.25, 0.3) is 0 Å². The molecule has 5 nitrogen and oxygen atoms in total. The second kappa shape index (κ2) is 5.91. The molecule has 0 saturated carbocycles. The molecule has 0 atom stereocenters. The van der Waals surface area contributed by atoms with Gasteiger partial charge in [0, 0.05) is 23.0 Å². The second-order valence-electron chi connectivity index (χ2n) is 4.75. The van der Waals surface area contributed by atoms with E-state index in [1.54, 1.807) is 16.9 Å². The number of aromatic nitrogens is 5. The number of fused-ring (bicyclic) bond motifs is 1. The molecule has 0 fully saturated rings. The second-order valence-corrected chi connectivity index (χ2v) is 6.14. The Morgan fingerprint density at radius 1 is 1.00 bits per heavy atom. The molecule has 23 heavy (non-hydrogen) atoms. The highest BCUT2D eigenvalue weighted by atomic mass is 35.5. The van der Waals surface area contributed by atoms with E-state index in [0.717, 1.165) is 21.1 Å². The topological polar surface area (TPSA) is 56.0 Å². The Bertz CT molecular complexity index is 990. The molecule has 0 N–H and O–H groups in total. The van der Waals surface area contributed by atoms with Crippen LogP contribution >= 0.6 is 22.9 Å². The Balaban J connectivity index is 1.71. The fourth-order valence-corrected chi connectivity index (χ4v) is 3.09. The summed E-state index contributed by atoms with van der Waals surface area (Å²) in [5.41, 5.74) is 1.88. The summed E-state index contributed by atoms with van der Waals surface area (Å²) < 4.78 is 1.74. The van der Waals surface area contributed by atoms with E-state index in [-0.39, 0.29) is 0 Å². The minimum absolute atomic E-state index is 0.705. The van der Waals surface area contributed by atoms with Crippen molar-refractivity contribution in [3.8, 4) is 11.4 Å². The molecule has 0 aliphatic rings. The van der Waals surface area contributed by atoms with Crippen LogP contribution in [0.3, 0.4) is 0 Å². The monoisotopic (exact) mass is 339 g/mol. The summed E-state index contributed by atoms with van der Waals surface area (Å²) in [6.45, 7) is 0. The molecule has 7 heteroatoms. The van der Waals surface area contributed by atoms with Gasteiger partial charge in [-0.1, -0.05) is 47.2 Å². The molecule has 0 aliphatic carbocycles. The van der Waals surface area contributed by atoms with Crippen molar-refractivity contribution in [1.29, 1.82) is 0 Å². The van der Waals surface area contributed by atoms with Crippen molar-refractivity contribution < 1.29 is 0 Å². The number of rotatable bonds is 3. The summed E-state index contributed by atoms with van der Waals surface area (Å²) in [6.07, 6.45) is 7.32. The van der Waals surface area contributed by atoms with Crippen LogP contribution in [0.1, 0.15) is 10.6 Å². The van der Waals surface area contributed by atoms with E-state index in [0.29, 0.717) is 10.8 Å². The first-order chi connectivity index (χ1) is 11.3. The lowest BCUT2D eigenvalue weighted by Gasteiger charge is -1.95. The minimum atomic E-state index is 0.705. The molecule has 4 rings (SSSR count). The molecule has 112 valence electrons. The van der Waals surface area contributed by atoms with Crippen LogP contribution in [-0.2, 0) is 0 Å². The zero-order valence-electron chi connectivity index (χ0n) is 11.8. The largest absolute Gasteiger partial charge is 0.265 e. The van der Waals surface area contributed by atoms with E-state index in [2.05, 4.69) is 20.3 Å². The van der Waals surface area contributed by atoms with Gasteiger partial charge in [0.1, 0.15) is 5.01 Å². The smallest absolute Gasteiger partial charge is 0.235 e. The Hall–Kier alpha value is -2.57. The van der Waals surface area contributed by atoms with Crippen LogP contribution in [0, 0.1) is 0 Å². The lowest BCUT2D eigenvalue weighted by molar-refractivity contribution is 0.959. The van der Waals surface area contributed by atoms with Crippen LogP contribution in [0.2, 0.25) is 5.02 Å². The van der Waals surface area contributed by atoms with Gasteiger partial charge in [0.15, 0.2) is 5.82 Å². The quantitative estimate of drug-likeness (QED) is 0.564. The van der Waals surface area contributed by atoms with E-state index in [1.807, 2.05) is 48.6 Å². The predicted molar refractivity (Wildman–Crippen MR) is 92.3 cm³/mol. The Morgan fingerprint density at radius 3 is 2.65 bits per heavy atom. The maximum absolute atomic E-state index is 6.15. The van der Waals surface area contributed by atoms with Gasteiger partial charge in [0.05, 0.1) is 0 Å². The highest BCUT2D eigenvalue weighted by Crippen LogP contribution is 2.23. The van der Waals surface area contributed by atoms with Gasteiger partial charge in [-0.15, -0.1) is 10.2 Å². The first-order valence-electron chi connectivity index (χ1n) is 6.86. The average Bonchev–Trinajstić information content (AvgIpc) is 3.15. The molecule has 0 saturated heterocycles. The van der Waals surface area contributed by atoms with Crippen molar-refractivity contribution in [2.75, 3.05) is 0 Å². The van der Waals surface area contributed by atoms with Crippen LogP contribution in [0.5, 0.6) is 0 Å². The minimum Gasteiger partial charge on any atom is -0.265 e. The zero-order chi connectivity index (χ0) is 15.6. The number of hydrogen-bond donors (Lipinski definition) is 0. The first kappa shape index (κ1) is 14.0. The summed E-state index contributed by atoms with van der Waals surface area (Å²) in [6, 6.07) is 11.4. The van der Waals surface area contributed by atoms with E-state index in [9.17, 15) is 0 Å². The molecule has 0 spiro atoms. The van der Waals surface area contributed by atoms with E-state index in [1.165, 1.54) is 11.3 Å². The van der Waals surface area contributed by atoms with Gasteiger partial charge in [-0.3, -0.25) is 4.98 Å². The molecule has 3 heterocycles. The van der Waals surface area contributed by atoms with Crippen LogP contribution in [0.25, 0.3) is 28.5 Å². The molecular weight excluding hydrogens is 330 g/mol. The molecule has 0 aliphatic heterocycles. The summed E-state index contributed by atoms with van der Waals surface area (Å²) in [5.74, 6) is 0.705. The van der Waals surface area contributed by atoms with Gasteiger partial charge < -0.3 is 0 Å². The third-order valence-electron chi connectivity index (χ3n) is 3.26. The van der Waals surface area contributed by atoms with Crippen LogP contribution in [-0.4, -0.2) is 24.8 Å². The van der Waals surface area contributed by atoms with Gasteiger partial charge in [0.2, 0.25) is 4.96 Å². The molecule has 0 amide bonds. The van der Waals surface area contributed by atoms with E-state index < -0.39 is 0 Å². The predicted octanol–water partition coefficient (Wildman–Crippen LogP) is 4.07. The van der Waals surface area contributed by atoms with Crippen molar-refractivity contribution >= 4 is 40.1 Å². The SMILES string of the molecule is Clc1ccccc1/C=C/c1nn2c(-c3ccncc3)nnc2s1. The van der Waals surface area contributed by atoms with Gasteiger partial charge >= 0.3 is 0 Å². The van der Waals surface area contributed by atoms with Crippen molar-refractivity contribution in [3.63, 3.8) is 0 Å². The highest BCUT2D eigenvalue weighted by Gasteiger charge is 2.12. The lowest BCUT2D eigenvalue weighted by Crippen LogP contribution is -1.90. The molecule has 3 aromatic heterocycles. The van der Waals surface area contributed by atoms with E-state index >= 15 is 0 Å². The van der Waals surface area contributed by atoms with Crippen molar-refractivity contribution in [3.05, 3.63) is 64.4 Å². The van der Waals surface area contributed by atoms with Gasteiger partial charge in [-0.05, 0) is 29.8 Å². The number of nitrogens with zero attached hydrogens (tertiary/aromatic N) is 5. The number of hydrogen-bond acceptors (Lipinski definition) is 5. The molecule has 4 aromatic rings. The van der Waals surface area contributed by atoms with Crippen molar-refractivity contribution in [2.45, 2.75) is 0 Å². The fourth-order valence-electron chi connectivity index (χ4n) is 2.15. The van der Waals surface area contributed by atoms with Crippen LogP contribution in [0.4, 0.5) is 0 Å². The molecular formula is C16H10ClN5S. The zero-order valence-corrected chi connectivity index (χ0v) is 13.4. The average molecular weight is 340 g/mol. The molecule has 0 radical (unpaired) electrons. The lowest BCUT2D eigenvalue weighted by atomic mass is 10.2. The normalized spacial score (nSPS) is 11.5. The number of benzene rings is 1. The fraction of sp³-hybridized carbons (Fsp3) is 0. The maximum atomic E-state index is 6.15. The first-order valence-corrected chi connectivity index (χ1v) is 8.06. The molecule has 0 bridgehead atoms. The van der Waals surface area contributed by atoms with Crippen molar-refractivity contribution in [2.24, 2.45) is 0 Å². The standard InChI is InChI=1S/C16H10ClN5S/c17-13-4-2-1-3-11(13)5-6-14-21-22-15(19-20-16(22)23-14)12-7-9-18-10-8-12/h1-10H/b6-5+. The molecule has 0 unspecified atom stereocenters. The Morgan fingerprint density at radius 2 is 1.83 bits per heavy atom. The summed E-state index contributed by atoms with van der Waals surface area (Å²) in [5, 5.41) is 14.5. The third kappa shape index (κ3) is 2.74. The Labute approximate surface area is 140 Å². The Kier molecular flexibility index (Phi) is 3.61. The maximum Gasteiger partial charge on any atom is 0.235 e. The highest BCUT2D eigenvalue weighted by molar-refractivity contribution is 7.17. The van der Waals surface area contributed by atoms with Crippen molar-refractivity contribution in [1.82, 2.24) is 24.8 Å². The number of halogens is 1. The summed E-state index contributed by atoms with van der Waals surface area (Å²) >= 11 is 7.62. The van der Waals surface area contributed by atoms with Gasteiger partial charge in [-0.25, -0.2) is 0 Å². The molecule has 1 aromatic carbocycles. The summed E-state index contributed by atoms with van der Waals surface area (Å²) in [7, 11) is 0. The number of pyridine rings is 1. The third-order valence-corrected chi connectivity index (χ3v) is 4.46. The van der Waals surface area contributed by atoms with Crippen LogP contribution in [0.15, 0.2) is 48.8 Å². The van der Waals surface area contributed by atoms with Crippen LogP contribution < -0.4 is 0 Å². The van der Waals surface area contributed by atoms with Gasteiger partial charge in [-0.2, -0.15) is 9.61 Å². The summed E-state index contributed by atoms with van der Waals surface area (Å²) in [4.78, 5) is 4.76. The van der Waals surface area contributed by atoms with E-state index in [4.69, 9.17) is 11.6 Å².